The van der Waals surface area contributed by atoms with E-state index < -0.39 is 15.8 Å². The maximum atomic E-state index is 13.3. The zero-order valence-electron chi connectivity index (χ0n) is 12.5. The van der Waals surface area contributed by atoms with E-state index in [0.29, 0.717) is 26.1 Å². The minimum absolute atomic E-state index is 0.0636. The Balaban J connectivity index is 1.97. The lowest BCUT2D eigenvalue weighted by Gasteiger charge is -2.24. The lowest BCUT2D eigenvalue weighted by atomic mass is 10.1. The summed E-state index contributed by atoms with van der Waals surface area (Å²) in [4.78, 5) is 3.21. The molecular weight excluding hydrogens is 337 g/mol. The van der Waals surface area contributed by atoms with Crippen LogP contribution in [-0.4, -0.2) is 36.4 Å². The molecule has 1 N–H and O–H groups in total. The summed E-state index contributed by atoms with van der Waals surface area (Å²) < 4.78 is 47.3. The molecule has 3 heterocycles. The van der Waals surface area contributed by atoms with E-state index in [1.165, 1.54) is 10.9 Å². The Bertz CT molecular complexity index is 884. The fourth-order valence-corrected chi connectivity index (χ4v) is 3.52. The van der Waals surface area contributed by atoms with Crippen molar-refractivity contribution in [1.82, 2.24) is 14.8 Å². The average molecular weight is 351 g/mol. The topological polar surface area (TPSA) is 110 Å². The van der Waals surface area contributed by atoms with Crippen LogP contribution in [0.4, 0.5) is 10.2 Å². The summed E-state index contributed by atoms with van der Waals surface area (Å²) in [7, 11) is -4.10. The Morgan fingerprint density at radius 2 is 2.08 bits per heavy atom. The monoisotopic (exact) mass is 351 g/mol. The van der Waals surface area contributed by atoms with Crippen molar-refractivity contribution in [2.24, 2.45) is 0 Å². The molecule has 0 bridgehead atoms. The van der Waals surface area contributed by atoms with Crippen LogP contribution in [0.2, 0.25) is 0 Å². The molecular formula is C14H14FN5O3S. The van der Waals surface area contributed by atoms with Gasteiger partial charge in [0.25, 0.3) is 10.0 Å². The van der Waals surface area contributed by atoms with E-state index in [0.717, 1.165) is 18.5 Å². The van der Waals surface area contributed by atoms with Gasteiger partial charge in [0.15, 0.2) is 5.82 Å². The van der Waals surface area contributed by atoms with E-state index in [2.05, 4.69) is 14.8 Å². The van der Waals surface area contributed by atoms with Crippen molar-refractivity contribution >= 4 is 15.8 Å². The summed E-state index contributed by atoms with van der Waals surface area (Å²) in [6, 6.07) is 2.69. The molecule has 0 amide bonds. The van der Waals surface area contributed by atoms with Crippen molar-refractivity contribution < 1.29 is 17.5 Å². The van der Waals surface area contributed by atoms with Gasteiger partial charge in [0.05, 0.1) is 18.4 Å². The SMILES string of the molecule is N#Cc1cnn(C2CCOCC2)c1NS(=O)(=O)c1cncc(F)c1. The summed E-state index contributed by atoms with van der Waals surface area (Å²) in [6.45, 7) is 1.07. The number of aromatic nitrogens is 3. The van der Waals surface area contributed by atoms with Crippen LogP contribution in [0, 0.1) is 17.1 Å². The second-order valence-electron chi connectivity index (χ2n) is 5.25. The molecule has 126 valence electrons. The quantitative estimate of drug-likeness (QED) is 0.892. The number of nitrogens with zero attached hydrogens (tertiary/aromatic N) is 4. The fourth-order valence-electron chi connectivity index (χ4n) is 2.48. The van der Waals surface area contributed by atoms with Crippen molar-refractivity contribution in [2.75, 3.05) is 17.9 Å². The molecule has 0 atom stereocenters. The van der Waals surface area contributed by atoms with Gasteiger partial charge in [0.1, 0.15) is 22.3 Å². The molecule has 1 fully saturated rings. The molecule has 3 rings (SSSR count). The summed E-state index contributed by atoms with van der Waals surface area (Å²) in [6.07, 6.45) is 4.56. The predicted molar refractivity (Wildman–Crippen MR) is 81.0 cm³/mol. The van der Waals surface area contributed by atoms with E-state index in [1.54, 1.807) is 0 Å². The molecule has 10 heteroatoms. The van der Waals surface area contributed by atoms with Gasteiger partial charge in [-0.3, -0.25) is 9.71 Å². The molecule has 1 aliphatic heterocycles. The van der Waals surface area contributed by atoms with Crippen LogP contribution in [0.3, 0.4) is 0 Å². The second-order valence-corrected chi connectivity index (χ2v) is 6.93. The van der Waals surface area contributed by atoms with Crippen LogP contribution in [0.5, 0.6) is 0 Å². The van der Waals surface area contributed by atoms with Gasteiger partial charge in [-0.05, 0) is 18.9 Å². The maximum absolute atomic E-state index is 13.3. The van der Waals surface area contributed by atoms with Crippen LogP contribution in [0.15, 0.2) is 29.6 Å². The Labute approximate surface area is 137 Å². The van der Waals surface area contributed by atoms with E-state index >= 15 is 0 Å². The van der Waals surface area contributed by atoms with Gasteiger partial charge in [-0.1, -0.05) is 0 Å². The number of pyridine rings is 1. The van der Waals surface area contributed by atoms with Crippen LogP contribution >= 0.6 is 0 Å². The molecule has 0 radical (unpaired) electrons. The van der Waals surface area contributed by atoms with Gasteiger partial charge in [0.2, 0.25) is 0 Å². The third-order valence-corrected chi connectivity index (χ3v) is 4.98. The molecule has 0 unspecified atom stereocenters. The molecule has 2 aromatic heterocycles. The molecule has 0 aromatic carbocycles. The van der Waals surface area contributed by atoms with E-state index in [4.69, 9.17) is 4.74 Å². The van der Waals surface area contributed by atoms with Crippen LogP contribution < -0.4 is 4.72 Å². The number of hydrogen-bond donors (Lipinski definition) is 1. The first-order chi connectivity index (χ1) is 11.5. The smallest absolute Gasteiger partial charge is 0.264 e. The standard InChI is InChI=1S/C14H14FN5O3S/c15-11-5-13(9-17-8-11)24(21,22)19-14-10(6-16)7-18-20(14)12-1-3-23-4-2-12/h5,7-9,12,19H,1-4H2. The summed E-state index contributed by atoms with van der Waals surface area (Å²) in [5, 5.41) is 13.3. The number of sulfonamides is 1. The molecule has 1 saturated heterocycles. The second kappa shape index (κ2) is 6.54. The van der Waals surface area contributed by atoms with Crippen molar-refractivity contribution in [2.45, 2.75) is 23.8 Å². The number of nitriles is 1. The lowest BCUT2D eigenvalue weighted by Crippen LogP contribution is -2.24. The first kappa shape index (κ1) is 16.4. The van der Waals surface area contributed by atoms with Crippen molar-refractivity contribution in [3.63, 3.8) is 0 Å². The first-order valence-electron chi connectivity index (χ1n) is 7.20. The summed E-state index contributed by atoms with van der Waals surface area (Å²) in [5.41, 5.74) is 0.0921. The Morgan fingerprint density at radius 3 is 2.75 bits per heavy atom. The van der Waals surface area contributed by atoms with E-state index in [1.807, 2.05) is 6.07 Å². The number of hydrogen-bond acceptors (Lipinski definition) is 6. The number of anilines is 1. The van der Waals surface area contributed by atoms with Crippen LogP contribution in [0.25, 0.3) is 0 Å². The van der Waals surface area contributed by atoms with Gasteiger partial charge in [-0.15, -0.1) is 0 Å². The summed E-state index contributed by atoms with van der Waals surface area (Å²) in [5.74, 6) is -0.704. The van der Waals surface area contributed by atoms with Crippen LogP contribution in [-0.2, 0) is 14.8 Å². The van der Waals surface area contributed by atoms with Crippen molar-refractivity contribution in [3.05, 3.63) is 36.0 Å². The predicted octanol–water partition coefficient (Wildman–Crippen LogP) is 1.44. The number of halogens is 1. The molecule has 8 nitrogen and oxygen atoms in total. The highest BCUT2D eigenvalue weighted by molar-refractivity contribution is 7.92. The minimum Gasteiger partial charge on any atom is -0.381 e. The van der Waals surface area contributed by atoms with Crippen LogP contribution in [0.1, 0.15) is 24.4 Å². The first-order valence-corrected chi connectivity index (χ1v) is 8.68. The zero-order chi connectivity index (χ0) is 17.2. The molecule has 0 saturated carbocycles. The van der Waals surface area contributed by atoms with Crippen molar-refractivity contribution in [1.29, 1.82) is 5.26 Å². The maximum Gasteiger partial charge on any atom is 0.264 e. The Kier molecular flexibility index (Phi) is 4.46. The molecule has 0 aliphatic carbocycles. The third kappa shape index (κ3) is 3.22. The third-order valence-electron chi connectivity index (χ3n) is 3.67. The zero-order valence-corrected chi connectivity index (χ0v) is 13.3. The Hall–Kier alpha value is -2.51. The average Bonchev–Trinajstić information content (AvgIpc) is 2.97. The summed E-state index contributed by atoms with van der Waals surface area (Å²) >= 11 is 0. The fraction of sp³-hybridized carbons (Fsp3) is 0.357. The van der Waals surface area contributed by atoms with Gasteiger partial charge in [0, 0.05) is 19.4 Å². The molecule has 24 heavy (non-hydrogen) atoms. The Morgan fingerprint density at radius 1 is 1.33 bits per heavy atom. The minimum atomic E-state index is -4.10. The number of nitrogens with one attached hydrogen (secondary N) is 1. The van der Waals surface area contributed by atoms with E-state index in [9.17, 15) is 18.1 Å². The van der Waals surface area contributed by atoms with Gasteiger partial charge in [-0.2, -0.15) is 10.4 Å². The molecule has 2 aromatic rings. The van der Waals surface area contributed by atoms with Crippen molar-refractivity contribution in [3.8, 4) is 6.07 Å². The highest BCUT2D eigenvalue weighted by atomic mass is 32.2. The largest absolute Gasteiger partial charge is 0.381 e. The highest BCUT2D eigenvalue weighted by Crippen LogP contribution is 2.28. The van der Waals surface area contributed by atoms with E-state index in [-0.39, 0.29) is 22.3 Å². The molecule has 1 aliphatic rings. The lowest BCUT2D eigenvalue weighted by molar-refractivity contribution is 0.0669. The van der Waals surface area contributed by atoms with Gasteiger partial charge < -0.3 is 4.74 Å². The highest BCUT2D eigenvalue weighted by Gasteiger charge is 2.25. The normalized spacial score (nSPS) is 15.8. The molecule has 0 spiro atoms. The van der Waals surface area contributed by atoms with Gasteiger partial charge in [-0.25, -0.2) is 17.5 Å². The number of ether oxygens (including phenoxy) is 1. The van der Waals surface area contributed by atoms with Gasteiger partial charge >= 0.3 is 0 Å². The number of rotatable bonds is 4.